The molecule has 180 valence electrons. The van der Waals surface area contributed by atoms with E-state index in [9.17, 15) is 0 Å². The molecule has 7 aromatic rings. The molecule has 3 heterocycles. The Kier molecular flexibility index (Phi) is 5.26. The van der Waals surface area contributed by atoms with Gasteiger partial charge in [0.15, 0.2) is 0 Å². The van der Waals surface area contributed by atoms with Crippen LogP contribution < -0.4 is 0 Å². The van der Waals surface area contributed by atoms with Crippen LogP contribution >= 0.6 is 0 Å². The number of aromatic nitrogens is 3. The molecule has 0 N–H and O–H groups in total. The Morgan fingerprint density at radius 3 is 2.24 bits per heavy atom. The van der Waals surface area contributed by atoms with Crippen LogP contribution in [-0.2, 0) is 0 Å². The molecule has 0 aliphatic carbocycles. The fourth-order valence-corrected chi connectivity index (χ4v) is 5.47. The van der Waals surface area contributed by atoms with Gasteiger partial charge < -0.3 is 9.13 Å². The van der Waals surface area contributed by atoms with Crippen LogP contribution in [0.15, 0.2) is 140 Å². The summed E-state index contributed by atoms with van der Waals surface area (Å²) in [6.45, 7) is 3.75. The summed E-state index contributed by atoms with van der Waals surface area (Å²) in [6.07, 6.45) is 11.7. The fourth-order valence-electron chi connectivity index (χ4n) is 5.47. The second kappa shape index (κ2) is 9.06. The molecule has 0 radical (unpaired) electrons. The van der Waals surface area contributed by atoms with E-state index in [2.05, 4.69) is 130 Å². The van der Waals surface area contributed by atoms with Crippen molar-refractivity contribution in [3.63, 3.8) is 0 Å². The van der Waals surface area contributed by atoms with E-state index < -0.39 is 0 Å². The third kappa shape index (κ3) is 3.56. The molecule has 0 aliphatic rings. The van der Waals surface area contributed by atoms with Gasteiger partial charge in [0.25, 0.3) is 0 Å². The van der Waals surface area contributed by atoms with Gasteiger partial charge in [-0.1, -0.05) is 73.3 Å². The van der Waals surface area contributed by atoms with Gasteiger partial charge in [0, 0.05) is 51.7 Å². The van der Waals surface area contributed by atoms with E-state index in [0.717, 1.165) is 22.4 Å². The van der Waals surface area contributed by atoms with E-state index in [0.29, 0.717) is 0 Å². The number of allylic oxidation sites excluding steroid dienone is 2. The number of nitrogens with zero attached hydrogens (tertiary/aromatic N) is 3. The molecular formula is C35H25N3. The minimum atomic E-state index is 1.06. The maximum atomic E-state index is 4.43. The first-order chi connectivity index (χ1) is 18.8. The molecule has 0 aliphatic heterocycles. The lowest BCUT2D eigenvalue weighted by Gasteiger charge is -2.10. The van der Waals surface area contributed by atoms with Crippen LogP contribution in [0, 0.1) is 0 Å². The number of benzene rings is 4. The van der Waals surface area contributed by atoms with Gasteiger partial charge in [-0.05, 0) is 65.7 Å². The molecule has 0 atom stereocenters. The Morgan fingerprint density at radius 2 is 1.39 bits per heavy atom. The highest BCUT2D eigenvalue weighted by atomic mass is 15.0. The third-order valence-electron chi connectivity index (χ3n) is 7.18. The fraction of sp³-hybridized carbons (Fsp3) is 0. The molecule has 0 amide bonds. The molecule has 3 nitrogen and oxygen atoms in total. The van der Waals surface area contributed by atoms with E-state index in [1.807, 2.05) is 24.5 Å². The smallest absolute Gasteiger partial charge is 0.0548 e. The molecule has 0 fully saturated rings. The summed E-state index contributed by atoms with van der Waals surface area (Å²) in [4.78, 5) is 4.43. The predicted molar refractivity (Wildman–Crippen MR) is 160 cm³/mol. The number of fused-ring (bicyclic) bond motifs is 5. The lowest BCUT2D eigenvalue weighted by molar-refractivity contribution is 1.13. The van der Waals surface area contributed by atoms with Crippen molar-refractivity contribution in [1.82, 2.24) is 14.1 Å². The van der Waals surface area contributed by atoms with Gasteiger partial charge in [-0.15, -0.1) is 0 Å². The number of pyridine rings is 1. The maximum Gasteiger partial charge on any atom is 0.0548 e. The lowest BCUT2D eigenvalue weighted by Crippen LogP contribution is -1.94. The first-order valence-electron chi connectivity index (χ1n) is 12.8. The maximum absolute atomic E-state index is 4.43. The highest BCUT2D eigenvalue weighted by Gasteiger charge is 2.16. The zero-order chi connectivity index (χ0) is 25.5. The molecular weight excluding hydrogens is 462 g/mol. The van der Waals surface area contributed by atoms with Gasteiger partial charge in [0.2, 0.25) is 0 Å². The Bertz CT molecular complexity index is 1970. The van der Waals surface area contributed by atoms with Gasteiger partial charge >= 0.3 is 0 Å². The molecule has 0 unspecified atom stereocenters. The number of rotatable bonds is 5. The van der Waals surface area contributed by atoms with Crippen molar-refractivity contribution in [2.45, 2.75) is 0 Å². The summed E-state index contributed by atoms with van der Waals surface area (Å²) in [7, 11) is 0. The lowest BCUT2D eigenvalue weighted by atomic mass is 10.1. The molecule has 0 bridgehead atoms. The standard InChI is InChI=1S/C35H25N3/c1-2-3-9-25-22-27(24-36-23-25)26-14-16-29(17-15-26)38-33-13-8-7-12-30(33)35-31-20-21-37(28-10-5-4-6-11-28)32(31)18-19-34(35)38/h2-24H,1H2/b9-3-. The van der Waals surface area contributed by atoms with E-state index in [4.69, 9.17) is 0 Å². The molecule has 0 saturated carbocycles. The molecule has 0 saturated heterocycles. The number of hydrogen-bond acceptors (Lipinski definition) is 1. The Labute approximate surface area is 221 Å². The third-order valence-corrected chi connectivity index (χ3v) is 7.18. The summed E-state index contributed by atoms with van der Waals surface area (Å²) in [6, 6.07) is 36.8. The largest absolute Gasteiger partial charge is 0.317 e. The molecule has 3 aromatic heterocycles. The van der Waals surface area contributed by atoms with Crippen LogP contribution in [0.4, 0.5) is 0 Å². The minimum Gasteiger partial charge on any atom is -0.317 e. The van der Waals surface area contributed by atoms with Crippen molar-refractivity contribution in [1.29, 1.82) is 0 Å². The highest BCUT2D eigenvalue weighted by molar-refractivity contribution is 6.21. The average Bonchev–Trinajstić information content (AvgIpc) is 3.56. The highest BCUT2D eigenvalue weighted by Crippen LogP contribution is 2.38. The summed E-state index contributed by atoms with van der Waals surface area (Å²) in [5.41, 5.74) is 9.20. The first kappa shape index (κ1) is 22.1. The van der Waals surface area contributed by atoms with Gasteiger partial charge in [-0.2, -0.15) is 0 Å². The predicted octanol–water partition coefficient (Wildman–Crippen LogP) is 8.99. The average molecular weight is 488 g/mol. The van der Waals surface area contributed by atoms with Gasteiger partial charge in [0.1, 0.15) is 0 Å². The van der Waals surface area contributed by atoms with Crippen LogP contribution in [0.1, 0.15) is 5.56 Å². The van der Waals surface area contributed by atoms with Crippen molar-refractivity contribution in [2.75, 3.05) is 0 Å². The Morgan fingerprint density at radius 1 is 0.632 bits per heavy atom. The summed E-state index contributed by atoms with van der Waals surface area (Å²) < 4.78 is 4.64. The van der Waals surface area contributed by atoms with Gasteiger partial charge in [0.05, 0.1) is 16.6 Å². The SMILES string of the molecule is C=C/C=C\c1cncc(-c2ccc(-n3c4ccccc4c4c5ccn(-c6ccccc6)c5ccc43)cc2)c1. The molecule has 3 heteroatoms. The molecule has 0 spiro atoms. The second-order valence-corrected chi connectivity index (χ2v) is 9.41. The zero-order valence-corrected chi connectivity index (χ0v) is 20.8. The molecule has 38 heavy (non-hydrogen) atoms. The topological polar surface area (TPSA) is 22.8 Å². The number of para-hydroxylation sites is 2. The van der Waals surface area contributed by atoms with Gasteiger partial charge in [-0.3, -0.25) is 4.98 Å². The van der Waals surface area contributed by atoms with Crippen molar-refractivity contribution in [3.8, 4) is 22.5 Å². The Balaban J connectivity index is 1.39. The van der Waals surface area contributed by atoms with E-state index in [1.54, 1.807) is 6.08 Å². The Hall–Kier alpha value is -5.15. The van der Waals surface area contributed by atoms with Crippen molar-refractivity contribution < 1.29 is 0 Å². The molecule has 4 aromatic carbocycles. The van der Waals surface area contributed by atoms with Crippen LogP contribution in [-0.4, -0.2) is 14.1 Å². The van der Waals surface area contributed by atoms with Crippen LogP contribution in [0.5, 0.6) is 0 Å². The quantitative estimate of drug-likeness (QED) is 0.222. The van der Waals surface area contributed by atoms with Crippen molar-refractivity contribution >= 4 is 38.8 Å². The minimum absolute atomic E-state index is 1.06. The van der Waals surface area contributed by atoms with Gasteiger partial charge in [-0.25, -0.2) is 0 Å². The normalized spacial score (nSPS) is 11.7. The van der Waals surface area contributed by atoms with Crippen LogP contribution in [0.3, 0.4) is 0 Å². The molecule has 7 rings (SSSR count). The first-order valence-corrected chi connectivity index (χ1v) is 12.8. The van der Waals surface area contributed by atoms with E-state index >= 15 is 0 Å². The summed E-state index contributed by atoms with van der Waals surface area (Å²) in [5.74, 6) is 0. The van der Waals surface area contributed by atoms with Crippen LogP contribution in [0.2, 0.25) is 0 Å². The van der Waals surface area contributed by atoms with E-state index in [1.165, 1.54) is 38.4 Å². The second-order valence-electron chi connectivity index (χ2n) is 9.41. The summed E-state index contributed by atoms with van der Waals surface area (Å²) >= 11 is 0. The van der Waals surface area contributed by atoms with Crippen molar-refractivity contribution in [3.05, 3.63) is 146 Å². The summed E-state index contributed by atoms with van der Waals surface area (Å²) in [5, 5.41) is 3.80. The van der Waals surface area contributed by atoms with Crippen molar-refractivity contribution in [2.24, 2.45) is 0 Å². The van der Waals surface area contributed by atoms with E-state index in [-0.39, 0.29) is 0 Å². The monoisotopic (exact) mass is 487 g/mol. The number of hydrogen-bond donors (Lipinski definition) is 0. The van der Waals surface area contributed by atoms with Crippen LogP contribution in [0.25, 0.3) is 61.3 Å². The zero-order valence-electron chi connectivity index (χ0n) is 20.8.